The third-order valence-electron chi connectivity index (χ3n) is 14.0. The van der Waals surface area contributed by atoms with E-state index in [9.17, 15) is 43.5 Å². The number of carbonyl (C=O) groups excluding carboxylic acids is 3. The minimum absolute atomic E-state index is 0.0748. The van der Waals surface area contributed by atoms with Crippen molar-refractivity contribution in [3.63, 3.8) is 0 Å². The van der Waals surface area contributed by atoms with E-state index in [4.69, 9.17) is 32.3 Å². The summed E-state index contributed by atoms with van der Waals surface area (Å²) in [6.45, 7) is 2.25. The highest BCUT2D eigenvalue weighted by Crippen LogP contribution is 2.45. The van der Waals surface area contributed by atoms with E-state index in [-0.39, 0.29) is 19.3 Å². The molecule has 5 unspecified atom stereocenters. The van der Waals surface area contributed by atoms with Gasteiger partial charge >= 0.3 is 33.6 Å². The number of aliphatic hydroxyl groups excluding tert-OH is 2. The minimum atomic E-state index is -4.94. The molecule has 0 fully saturated rings. The van der Waals surface area contributed by atoms with E-state index < -0.39 is 91.5 Å². The molecule has 0 rings (SSSR count). The summed E-state index contributed by atoms with van der Waals surface area (Å²) in [5.74, 6) is -1.64. The van der Waals surface area contributed by atoms with Crippen molar-refractivity contribution in [1.82, 2.24) is 0 Å². The Hall–Kier alpha value is -4.57. The molecule has 0 saturated heterocycles. The molecule has 0 bridgehead atoms. The Balaban J connectivity index is 4.62. The summed E-state index contributed by atoms with van der Waals surface area (Å²) < 4.78 is 60.9. The molecule has 0 radical (unpaired) electrons. The van der Waals surface area contributed by atoms with Gasteiger partial charge in [0.15, 0.2) is 6.10 Å². The normalized spacial score (nSPS) is 15.0. The van der Waals surface area contributed by atoms with Crippen molar-refractivity contribution < 1.29 is 75.8 Å². The average Bonchev–Trinajstić information content (AvgIpc) is 2.84. The first kappa shape index (κ1) is 88.4. The number of aliphatic hydroxyl groups is 2. The van der Waals surface area contributed by atoms with E-state index in [0.29, 0.717) is 19.3 Å². The molecular weight excluding hydrogens is 1220 g/mol. The molecule has 5 atom stereocenters. The van der Waals surface area contributed by atoms with Gasteiger partial charge in [-0.15, -0.1) is 0 Å². The lowest BCUT2D eigenvalue weighted by Crippen LogP contribution is -2.30. The molecule has 0 aliphatic carbocycles. The zero-order chi connectivity index (χ0) is 68.1. The topological polar surface area (TPSA) is 231 Å². The highest BCUT2D eigenvalue weighted by atomic mass is 31.2. The van der Waals surface area contributed by atoms with Crippen LogP contribution in [0.2, 0.25) is 0 Å². The van der Waals surface area contributed by atoms with E-state index in [1.807, 2.05) is 0 Å². The molecule has 0 aromatic carbocycles. The van der Waals surface area contributed by atoms with Crippen LogP contribution < -0.4 is 0 Å². The first-order valence-electron chi connectivity index (χ1n) is 35.1. The van der Waals surface area contributed by atoms with Crippen LogP contribution in [0.3, 0.4) is 0 Å². The van der Waals surface area contributed by atoms with Crippen LogP contribution in [0.5, 0.6) is 0 Å². The number of hydrogen-bond donors (Lipinski definition) is 4. The number of hydrogen-bond acceptors (Lipinski definition) is 14. The largest absolute Gasteiger partial charge is 0.472 e. The molecule has 0 aliphatic rings. The molecule has 530 valence electrons. The Bertz CT molecular complexity index is 2280. The Morgan fingerprint density at radius 1 is 0.301 bits per heavy atom. The second-order valence-corrected chi connectivity index (χ2v) is 25.8. The fraction of sp³-hybridized carbons (Fsp3) is 0.640. The Morgan fingerprint density at radius 2 is 0.538 bits per heavy atom. The van der Waals surface area contributed by atoms with Crippen LogP contribution >= 0.6 is 15.6 Å². The van der Waals surface area contributed by atoms with Gasteiger partial charge in [0.2, 0.25) is 0 Å². The van der Waals surface area contributed by atoms with Crippen LogP contribution in [-0.2, 0) is 55.8 Å². The van der Waals surface area contributed by atoms with Crippen molar-refractivity contribution in [3.8, 4) is 0 Å². The third-order valence-corrected chi connectivity index (χ3v) is 15.9. The number of ether oxygens (including phenoxy) is 3. The second-order valence-electron chi connectivity index (χ2n) is 22.9. The summed E-state index contributed by atoms with van der Waals surface area (Å²) in [6, 6.07) is 0. The smallest absolute Gasteiger partial charge is 0.463 e. The van der Waals surface area contributed by atoms with Gasteiger partial charge in [-0.1, -0.05) is 244 Å². The van der Waals surface area contributed by atoms with Gasteiger partial charge in [0.1, 0.15) is 25.4 Å². The van der Waals surface area contributed by atoms with Crippen LogP contribution in [0.1, 0.15) is 252 Å². The number of rotatable bonds is 65. The molecule has 0 heterocycles. The van der Waals surface area contributed by atoms with Crippen molar-refractivity contribution in [2.45, 2.75) is 270 Å². The van der Waals surface area contributed by atoms with Crippen LogP contribution in [0.4, 0.5) is 0 Å². The Morgan fingerprint density at radius 3 is 0.849 bits per heavy atom. The summed E-state index contributed by atoms with van der Waals surface area (Å²) in [5.41, 5.74) is 0. The molecule has 0 aromatic rings. The molecule has 0 saturated carbocycles. The van der Waals surface area contributed by atoms with Gasteiger partial charge < -0.3 is 34.2 Å². The molecule has 4 N–H and O–H groups in total. The molecule has 0 amide bonds. The lowest BCUT2D eigenvalue weighted by atomic mass is 10.1. The molecule has 93 heavy (non-hydrogen) atoms. The summed E-state index contributed by atoms with van der Waals surface area (Å²) in [4.78, 5) is 58.4. The van der Waals surface area contributed by atoms with E-state index in [0.717, 1.165) is 167 Å². The van der Waals surface area contributed by atoms with Crippen molar-refractivity contribution >= 4 is 33.6 Å². The summed E-state index contributed by atoms with van der Waals surface area (Å²) in [5, 5.41) is 20.6. The second kappa shape index (κ2) is 67.4. The number of phosphoric ester groups is 2. The molecule has 18 heteroatoms. The molecule has 0 spiro atoms. The number of unbranched alkanes of at least 4 members (excludes halogenated alkanes) is 18. The van der Waals surface area contributed by atoms with E-state index in [2.05, 4.69) is 167 Å². The summed E-state index contributed by atoms with van der Waals surface area (Å²) in [6.07, 6.45) is 80.4. The average molecular weight is 1340 g/mol. The van der Waals surface area contributed by atoms with Gasteiger partial charge in [0.05, 0.1) is 26.4 Å². The number of esters is 3. The van der Waals surface area contributed by atoms with E-state index in [1.165, 1.54) is 25.7 Å². The molecule has 16 nitrogen and oxygen atoms in total. The molecular formula is C75H124O16P2. The number of carbonyl (C=O) groups is 3. The van der Waals surface area contributed by atoms with Gasteiger partial charge in [-0.25, -0.2) is 9.13 Å². The summed E-state index contributed by atoms with van der Waals surface area (Å²) in [7, 11) is -9.80. The van der Waals surface area contributed by atoms with Crippen LogP contribution in [-0.4, -0.2) is 95.9 Å². The SMILES string of the molecule is CC/C=C\C/C=C\C/C=C\C/C=C\C/C=C\CCCCCCCCCCCC(=O)OCC(O)COP(=O)(O)OCC(O)COP(=O)(O)OCC(COC(=O)CCCCCC/C=C\C/C=C\C/C=C\C/C=C\CC)OC(=O)CCCCCCC/C=C\C/C=C\C/C=C\CC. The highest BCUT2D eigenvalue weighted by Gasteiger charge is 2.29. The van der Waals surface area contributed by atoms with Gasteiger partial charge in [-0.2, -0.15) is 0 Å². The first-order valence-corrected chi connectivity index (χ1v) is 38.1. The van der Waals surface area contributed by atoms with Gasteiger partial charge in [-0.3, -0.25) is 32.5 Å². The van der Waals surface area contributed by atoms with Crippen LogP contribution in [0.25, 0.3) is 0 Å². The monoisotopic (exact) mass is 1340 g/mol. The minimum Gasteiger partial charge on any atom is -0.463 e. The van der Waals surface area contributed by atoms with Crippen molar-refractivity contribution in [2.75, 3.05) is 39.6 Å². The maximum absolute atomic E-state index is 12.9. The quantitative estimate of drug-likeness (QED) is 0.0146. The Labute approximate surface area is 562 Å². The van der Waals surface area contributed by atoms with Crippen molar-refractivity contribution in [2.24, 2.45) is 0 Å². The van der Waals surface area contributed by atoms with Crippen molar-refractivity contribution in [3.05, 3.63) is 146 Å². The third kappa shape index (κ3) is 68.6. The first-order chi connectivity index (χ1) is 45.2. The molecule has 0 aromatic heterocycles. The Kier molecular flexibility index (Phi) is 64.1. The molecule has 0 aliphatic heterocycles. The lowest BCUT2D eigenvalue weighted by Gasteiger charge is -2.21. The van der Waals surface area contributed by atoms with E-state index in [1.54, 1.807) is 0 Å². The highest BCUT2D eigenvalue weighted by molar-refractivity contribution is 7.47. The van der Waals surface area contributed by atoms with Gasteiger partial charge in [-0.05, 0) is 135 Å². The lowest BCUT2D eigenvalue weighted by molar-refractivity contribution is -0.161. The van der Waals surface area contributed by atoms with Crippen LogP contribution in [0, 0.1) is 0 Å². The summed E-state index contributed by atoms with van der Waals surface area (Å²) >= 11 is 0. The van der Waals surface area contributed by atoms with Gasteiger partial charge in [0.25, 0.3) is 0 Å². The van der Waals surface area contributed by atoms with Crippen LogP contribution in [0.15, 0.2) is 146 Å². The maximum atomic E-state index is 12.9. The van der Waals surface area contributed by atoms with Crippen molar-refractivity contribution in [1.29, 1.82) is 0 Å². The number of phosphoric acid groups is 2. The maximum Gasteiger partial charge on any atom is 0.472 e. The zero-order valence-electron chi connectivity index (χ0n) is 57.4. The standard InChI is InChI=1S/C75H124O16P2/c1-4-7-10-13-16-19-22-25-28-30-31-32-33-34-35-36-37-39-42-43-46-49-52-55-58-61-73(78)85-64-70(76)65-87-92(81,82)88-66-71(77)67-89-93(83,84)90-69-72(91-75(80)63-60-57-54-51-48-45-40-27-24-21-18-15-12-9-6-3)68-86-74(79)62-59-56-53-50-47-44-41-38-29-26-23-20-17-14-11-8-5-2/h7-12,16-21,25-29,31-32,34-35,40-41,44,70-72,76-77H,4-6,13-15,22-24,30,33,36-39,42-43,45-69H2,1-3H3,(H,81,82)(H,83,84)/b10-7-,11-8-,12-9-,19-16-,20-17-,21-18-,28-25-,29-26-,32-31-,35-34-,40-27-,44-41-. The van der Waals surface area contributed by atoms with Gasteiger partial charge in [0, 0.05) is 19.3 Å². The number of allylic oxidation sites excluding steroid dienone is 24. The fourth-order valence-electron chi connectivity index (χ4n) is 8.78. The van der Waals surface area contributed by atoms with E-state index >= 15 is 0 Å². The fourth-order valence-corrected chi connectivity index (χ4v) is 10.4. The predicted molar refractivity (Wildman–Crippen MR) is 380 cm³/mol. The predicted octanol–water partition coefficient (Wildman–Crippen LogP) is 19.8. The zero-order valence-corrected chi connectivity index (χ0v) is 59.2.